The molecule has 0 aliphatic carbocycles. The maximum absolute atomic E-state index is 12.4. The molecule has 0 fully saturated rings. The Kier molecular flexibility index (Phi) is 5.60. The number of hydrogen-bond donors (Lipinski definition) is 2. The number of para-hydroxylation sites is 1. The monoisotopic (exact) mass is 330 g/mol. The number of benzene rings is 3. The summed E-state index contributed by atoms with van der Waals surface area (Å²) in [5, 5.41) is 6.28. The van der Waals surface area contributed by atoms with Crippen molar-refractivity contribution in [2.45, 2.75) is 13.0 Å². The second-order valence-corrected chi connectivity index (χ2v) is 5.97. The lowest BCUT2D eigenvalue weighted by Gasteiger charge is -2.15. The van der Waals surface area contributed by atoms with Crippen molar-refractivity contribution in [3.05, 3.63) is 90.5 Å². The van der Waals surface area contributed by atoms with E-state index in [0.717, 1.165) is 16.8 Å². The predicted molar refractivity (Wildman–Crippen MR) is 103 cm³/mol. The first-order valence-electron chi connectivity index (χ1n) is 8.46. The fourth-order valence-corrected chi connectivity index (χ4v) is 2.76. The molecule has 0 aliphatic rings. The molecule has 3 rings (SSSR count). The normalized spacial score (nSPS) is 11.7. The van der Waals surface area contributed by atoms with Gasteiger partial charge in [0.25, 0.3) is 0 Å². The highest BCUT2D eigenvalue weighted by molar-refractivity contribution is 5.96. The first-order chi connectivity index (χ1) is 12.2. The molecule has 3 aromatic carbocycles. The van der Waals surface area contributed by atoms with Crippen molar-refractivity contribution in [3.8, 4) is 11.1 Å². The van der Waals surface area contributed by atoms with Gasteiger partial charge in [-0.2, -0.15) is 0 Å². The van der Waals surface area contributed by atoms with E-state index >= 15 is 0 Å². The number of amides is 1. The Hall–Kier alpha value is -2.91. The second-order valence-electron chi connectivity index (χ2n) is 5.97. The quantitative estimate of drug-likeness (QED) is 0.691. The molecule has 0 aromatic heterocycles. The third kappa shape index (κ3) is 4.55. The van der Waals surface area contributed by atoms with Crippen molar-refractivity contribution in [2.24, 2.45) is 0 Å². The number of carbonyl (C=O) groups excluding carboxylic acids is 1. The summed E-state index contributed by atoms with van der Waals surface area (Å²) >= 11 is 0. The maximum atomic E-state index is 12.4. The minimum atomic E-state index is -0.0498. The molecule has 3 heteroatoms. The maximum Gasteiger partial charge on any atom is 0.238 e. The average Bonchev–Trinajstić information content (AvgIpc) is 2.68. The lowest BCUT2D eigenvalue weighted by Crippen LogP contribution is -2.30. The zero-order chi connectivity index (χ0) is 17.5. The summed E-state index contributed by atoms with van der Waals surface area (Å²) in [4.78, 5) is 12.4. The third-order valence-electron chi connectivity index (χ3n) is 4.15. The van der Waals surface area contributed by atoms with E-state index in [1.807, 2.05) is 72.8 Å². The third-order valence-corrected chi connectivity index (χ3v) is 4.15. The summed E-state index contributed by atoms with van der Waals surface area (Å²) in [7, 11) is 0. The van der Waals surface area contributed by atoms with Gasteiger partial charge in [-0.15, -0.1) is 0 Å². The Morgan fingerprint density at radius 3 is 2.16 bits per heavy atom. The summed E-state index contributed by atoms with van der Waals surface area (Å²) < 4.78 is 0. The Bertz CT molecular complexity index is 816. The van der Waals surface area contributed by atoms with E-state index in [2.05, 4.69) is 29.7 Å². The Morgan fingerprint density at radius 1 is 0.840 bits per heavy atom. The van der Waals surface area contributed by atoms with Gasteiger partial charge >= 0.3 is 0 Å². The second kappa shape index (κ2) is 8.27. The Morgan fingerprint density at radius 2 is 1.44 bits per heavy atom. The fourth-order valence-electron chi connectivity index (χ4n) is 2.76. The van der Waals surface area contributed by atoms with Gasteiger partial charge in [-0.05, 0) is 24.1 Å². The van der Waals surface area contributed by atoms with Crippen molar-refractivity contribution < 1.29 is 4.79 Å². The van der Waals surface area contributed by atoms with Crippen LogP contribution in [0.3, 0.4) is 0 Å². The highest BCUT2D eigenvalue weighted by Crippen LogP contribution is 2.27. The summed E-state index contributed by atoms with van der Waals surface area (Å²) in [6.07, 6.45) is 0. The van der Waals surface area contributed by atoms with E-state index in [4.69, 9.17) is 0 Å². The summed E-state index contributed by atoms with van der Waals surface area (Å²) in [5.74, 6) is -0.0498. The number of hydrogen-bond acceptors (Lipinski definition) is 2. The van der Waals surface area contributed by atoms with Gasteiger partial charge in [0.15, 0.2) is 0 Å². The van der Waals surface area contributed by atoms with Crippen LogP contribution in [0.5, 0.6) is 0 Å². The van der Waals surface area contributed by atoms with Crippen molar-refractivity contribution in [3.63, 3.8) is 0 Å². The molecule has 0 heterocycles. The molecule has 0 saturated heterocycles. The summed E-state index contributed by atoms with van der Waals surface area (Å²) in [6, 6.07) is 28.2. The van der Waals surface area contributed by atoms with Gasteiger partial charge in [0.2, 0.25) is 5.91 Å². The number of nitrogens with one attached hydrogen (secondary N) is 2. The predicted octanol–water partition coefficient (Wildman–Crippen LogP) is 4.64. The lowest BCUT2D eigenvalue weighted by atomic mass is 10.0. The molecule has 25 heavy (non-hydrogen) atoms. The molecule has 126 valence electrons. The molecule has 3 nitrogen and oxygen atoms in total. The van der Waals surface area contributed by atoms with Crippen LogP contribution in [-0.4, -0.2) is 12.5 Å². The molecular formula is C22H22N2O. The molecule has 0 saturated carbocycles. The molecular weight excluding hydrogens is 308 g/mol. The van der Waals surface area contributed by atoms with Crippen LogP contribution in [0.1, 0.15) is 18.5 Å². The molecule has 0 bridgehead atoms. The van der Waals surface area contributed by atoms with Gasteiger partial charge in [-0.3, -0.25) is 4.79 Å². The highest BCUT2D eigenvalue weighted by Gasteiger charge is 2.10. The Labute approximate surface area is 148 Å². The standard InChI is InChI=1S/C22H22N2O/c1-17(18-10-4-2-5-11-18)23-16-22(25)24-21-15-9-8-14-20(21)19-12-6-3-7-13-19/h2-15,17,23H,16H2,1H3,(H,24,25)/t17-/m0/s1. The lowest BCUT2D eigenvalue weighted by molar-refractivity contribution is -0.115. The molecule has 1 amide bonds. The van der Waals surface area contributed by atoms with E-state index < -0.39 is 0 Å². The molecule has 0 unspecified atom stereocenters. The SMILES string of the molecule is C[C@H](NCC(=O)Nc1ccccc1-c1ccccc1)c1ccccc1. The topological polar surface area (TPSA) is 41.1 Å². The van der Waals surface area contributed by atoms with Crippen LogP contribution in [0, 0.1) is 0 Å². The van der Waals surface area contributed by atoms with Crippen LogP contribution >= 0.6 is 0 Å². The fraction of sp³-hybridized carbons (Fsp3) is 0.136. The minimum absolute atomic E-state index is 0.0498. The average molecular weight is 330 g/mol. The molecule has 2 N–H and O–H groups in total. The van der Waals surface area contributed by atoms with Crippen molar-refractivity contribution in [2.75, 3.05) is 11.9 Å². The van der Waals surface area contributed by atoms with Crippen LogP contribution in [0.25, 0.3) is 11.1 Å². The number of anilines is 1. The minimum Gasteiger partial charge on any atom is -0.324 e. The van der Waals surface area contributed by atoms with Gasteiger partial charge in [0.1, 0.15) is 0 Å². The Balaban J connectivity index is 1.64. The molecule has 0 spiro atoms. The molecule has 0 radical (unpaired) electrons. The first-order valence-corrected chi connectivity index (χ1v) is 8.46. The van der Waals surface area contributed by atoms with Crippen LogP contribution in [0.4, 0.5) is 5.69 Å². The van der Waals surface area contributed by atoms with Crippen molar-refractivity contribution in [1.29, 1.82) is 0 Å². The molecule has 3 aromatic rings. The summed E-state index contributed by atoms with van der Waals surface area (Å²) in [6.45, 7) is 2.32. The van der Waals surface area contributed by atoms with Crippen molar-refractivity contribution in [1.82, 2.24) is 5.32 Å². The van der Waals surface area contributed by atoms with E-state index in [0.29, 0.717) is 0 Å². The van der Waals surface area contributed by atoms with E-state index in [9.17, 15) is 4.79 Å². The van der Waals surface area contributed by atoms with Crippen LogP contribution in [0.15, 0.2) is 84.9 Å². The van der Waals surface area contributed by atoms with Gasteiger partial charge in [0, 0.05) is 17.3 Å². The zero-order valence-electron chi connectivity index (χ0n) is 14.3. The largest absolute Gasteiger partial charge is 0.324 e. The van der Waals surface area contributed by atoms with E-state index in [-0.39, 0.29) is 18.5 Å². The number of rotatable bonds is 6. The molecule has 1 atom stereocenters. The van der Waals surface area contributed by atoms with Gasteiger partial charge in [-0.25, -0.2) is 0 Å². The van der Waals surface area contributed by atoms with E-state index in [1.54, 1.807) is 0 Å². The molecule has 0 aliphatic heterocycles. The van der Waals surface area contributed by atoms with Crippen molar-refractivity contribution >= 4 is 11.6 Å². The van der Waals surface area contributed by atoms with Crippen LogP contribution in [0.2, 0.25) is 0 Å². The first kappa shape index (κ1) is 16.9. The van der Waals surface area contributed by atoms with Crippen LogP contribution in [-0.2, 0) is 4.79 Å². The van der Waals surface area contributed by atoms with E-state index in [1.165, 1.54) is 5.56 Å². The zero-order valence-corrected chi connectivity index (χ0v) is 14.3. The van der Waals surface area contributed by atoms with Gasteiger partial charge < -0.3 is 10.6 Å². The number of carbonyl (C=O) groups is 1. The van der Waals surface area contributed by atoms with Gasteiger partial charge in [-0.1, -0.05) is 78.9 Å². The summed E-state index contributed by atoms with van der Waals surface area (Å²) in [5.41, 5.74) is 4.10. The van der Waals surface area contributed by atoms with Gasteiger partial charge in [0.05, 0.1) is 6.54 Å². The highest BCUT2D eigenvalue weighted by atomic mass is 16.1. The smallest absolute Gasteiger partial charge is 0.238 e. The van der Waals surface area contributed by atoms with Crippen LogP contribution < -0.4 is 10.6 Å².